The second-order valence-corrected chi connectivity index (χ2v) is 8.30. The number of amides is 1. The molecule has 2 unspecified atom stereocenters. The van der Waals surface area contributed by atoms with Crippen LogP contribution in [-0.2, 0) is 30.3 Å². The predicted octanol–water partition coefficient (Wildman–Crippen LogP) is 3.18. The van der Waals surface area contributed by atoms with E-state index in [1.807, 2.05) is 0 Å². The average molecular weight is 426 g/mol. The van der Waals surface area contributed by atoms with Crippen LogP contribution in [0.25, 0.3) is 0 Å². The van der Waals surface area contributed by atoms with E-state index in [9.17, 15) is 31.2 Å². The summed E-state index contributed by atoms with van der Waals surface area (Å²) in [6.45, 7) is 1.19. The summed E-state index contributed by atoms with van der Waals surface area (Å²) < 4.78 is 66.5. The summed E-state index contributed by atoms with van der Waals surface area (Å²) in [4.78, 5) is 23.9. The molecule has 1 aromatic carbocycles. The molecular formula is C16H15ClF3NO5S. The standard InChI is InChI=1S/C16H15ClF3NO5S/c1-9(26-14(22)6-10-4-5-27(24,25)8-10)15(23)21-13-3-2-11(17)7-12(13)16(18,19)20/h2-5,7,9-10H,6,8H2,1H3,(H,21,23). The number of allylic oxidation sites excluding steroid dienone is 1. The van der Waals surface area contributed by atoms with Crippen LogP contribution in [0.3, 0.4) is 0 Å². The van der Waals surface area contributed by atoms with Crippen LogP contribution < -0.4 is 5.32 Å². The summed E-state index contributed by atoms with van der Waals surface area (Å²) in [5.41, 5.74) is -1.66. The molecule has 2 atom stereocenters. The summed E-state index contributed by atoms with van der Waals surface area (Å²) >= 11 is 5.56. The SMILES string of the molecule is CC(OC(=O)CC1C=CS(=O)(=O)C1)C(=O)Nc1ccc(Cl)cc1C(F)(F)F. The highest BCUT2D eigenvalue weighted by molar-refractivity contribution is 7.94. The Morgan fingerprint density at radius 3 is 2.59 bits per heavy atom. The van der Waals surface area contributed by atoms with Crippen LogP contribution in [-0.4, -0.2) is 32.2 Å². The number of anilines is 1. The molecule has 0 spiro atoms. The van der Waals surface area contributed by atoms with Gasteiger partial charge in [0.25, 0.3) is 5.91 Å². The van der Waals surface area contributed by atoms with Crippen LogP contribution in [0.2, 0.25) is 5.02 Å². The minimum atomic E-state index is -4.74. The maximum Gasteiger partial charge on any atom is 0.418 e. The molecule has 1 aliphatic rings. The smallest absolute Gasteiger partial charge is 0.418 e. The normalized spacial score (nSPS) is 19.5. The fourth-order valence-corrected chi connectivity index (χ4v) is 3.95. The highest BCUT2D eigenvalue weighted by Gasteiger charge is 2.35. The first-order valence-corrected chi connectivity index (χ1v) is 9.75. The maximum atomic E-state index is 13.0. The van der Waals surface area contributed by atoms with Crippen molar-refractivity contribution in [1.29, 1.82) is 0 Å². The van der Waals surface area contributed by atoms with E-state index in [-0.39, 0.29) is 17.2 Å². The van der Waals surface area contributed by atoms with Crippen molar-refractivity contribution in [3.05, 3.63) is 40.3 Å². The molecule has 0 aromatic heterocycles. The van der Waals surface area contributed by atoms with Crippen LogP contribution in [0.4, 0.5) is 18.9 Å². The van der Waals surface area contributed by atoms with Gasteiger partial charge in [-0.2, -0.15) is 13.2 Å². The van der Waals surface area contributed by atoms with Gasteiger partial charge in [0.15, 0.2) is 15.9 Å². The zero-order valence-corrected chi connectivity index (χ0v) is 15.5. The third kappa shape index (κ3) is 5.96. The van der Waals surface area contributed by atoms with E-state index in [4.69, 9.17) is 16.3 Å². The summed E-state index contributed by atoms with van der Waals surface area (Å²) in [5.74, 6) is -2.60. The Bertz CT molecular complexity index is 883. The van der Waals surface area contributed by atoms with Gasteiger partial charge >= 0.3 is 12.1 Å². The van der Waals surface area contributed by atoms with E-state index in [1.165, 1.54) is 19.1 Å². The van der Waals surface area contributed by atoms with E-state index >= 15 is 0 Å². The number of ether oxygens (including phenoxy) is 1. The quantitative estimate of drug-likeness (QED) is 0.732. The number of carbonyl (C=O) groups excluding carboxylic acids is 2. The Hall–Kier alpha value is -2.07. The van der Waals surface area contributed by atoms with E-state index in [0.717, 1.165) is 11.5 Å². The lowest BCUT2D eigenvalue weighted by atomic mass is 10.1. The van der Waals surface area contributed by atoms with Crippen molar-refractivity contribution in [3.63, 3.8) is 0 Å². The van der Waals surface area contributed by atoms with Crippen LogP contribution in [0.15, 0.2) is 29.7 Å². The van der Waals surface area contributed by atoms with Crippen molar-refractivity contribution in [2.24, 2.45) is 5.92 Å². The van der Waals surface area contributed by atoms with Crippen LogP contribution in [0.1, 0.15) is 18.9 Å². The Morgan fingerprint density at radius 1 is 1.37 bits per heavy atom. The van der Waals surface area contributed by atoms with Crippen molar-refractivity contribution in [2.75, 3.05) is 11.1 Å². The first-order chi connectivity index (χ1) is 12.4. The Morgan fingerprint density at radius 2 is 2.04 bits per heavy atom. The lowest BCUT2D eigenvalue weighted by Gasteiger charge is -2.17. The summed E-state index contributed by atoms with van der Waals surface area (Å²) in [7, 11) is -3.33. The minimum Gasteiger partial charge on any atom is -0.453 e. The number of alkyl halides is 3. The lowest BCUT2D eigenvalue weighted by molar-refractivity contribution is -0.153. The Balaban J connectivity index is 1.98. The van der Waals surface area contributed by atoms with Gasteiger partial charge in [-0.15, -0.1) is 0 Å². The van der Waals surface area contributed by atoms with Crippen molar-refractivity contribution in [2.45, 2.75) is 25.6 Å². The molecule has 0 saturated heterocycles. The first-order valence-electron chi connectivity index (χ1n) is 7.65. The number of carbonyl (C=O) groups is 2. The molecule has 2 rings (SSSR count). The molecule has 0 fully saturated rings. The van der Waals surface area contributed by atoms with Crippen LogP contribution >= 0.6 is 11.6 Å². The molecule has 1 aromatic rings. The monoisotopic (exact) mass is 425 g/mol. The minimum absolute atomic E-state index is 0.153. The third-order valence-corrected chi connectivity index (χ3v) is 5.36. The number of rotatable bonds is 5. The number of hydrogen-bond acceptors (Lipinski definition) is 5. The van der Waals surface area contributed by atoms with Crippen LogP contribution in [0, 0.1) is 5.92 Å². The third-order valence-electron chi connectivity index (χ3n) is 3.66. The van der Waals surface area contributed by atoms with Gasteiger partial charge in [0.2, 0.25) is 0 Å². The fourth-order valence-electron chi connectivity index (χ4n) is 2.37. The molecule has 148 valence electrons. The van der Waals surface area contributed by atoms with Gasteiger partial charge in [-0.25, -0.2) is 8.42 Å². The molecule has 6 nitrogen and oxygen atoms in total. The fraction of sp³-hybridized carbons (Fsp3) is 0.375. The Kier molecular flexibility index (Phi) is 6.21. The molecule has 0 aliphatic carbocycles. The number of hydrogen-bond donors (Lipinski definition) is 1. The molecule has 27 heavy (non-hydrogen) atoms. The molecular weight excluding hydrogens is 411 g/mol. The second kappa shape index (κ2) is 7.89. The zero-order chi connectivity index (χ0) is 20.4. The van der Waals surface area contributed by atoms with Gasteiger partial charge in [0.05, 0.1) is 23.4 Å². The highest BCUT2D eigenvalue weighted by Crippen LogP contribution is 2.36. The number of halogens is 4. The summed E-state index contributed by atoms with van der Waals surface area (Å²) in [5, 5.41) is 2.90. The van der Waals surface area contributed by atoms with Crippen molar-refractivity contribution >= 4 is 39.0 Å². The van der Waals surface area contributed by atoms with Crippen molar-refractivity contribution in [1.82, 2.24) is 0 Å². The summed E-state index contributed by atoms with van der Waals surface area (Å²) in [6.07, 6.45) is -5.03. The molecule has 1 heterocycles. The molecule has 0 radical (unpaired) electrons. The second-order valence-electron chi connectivity index (χ2n) is 5.93. The number of sulfone groups is 1. The number of nitrogens with one attached hydrogen (secondary N) is 1. The lowest BCUT2D eigenvalue weighted by Crippen LogP contribution is -2.31. The summed E-state index contributed by atoms with van der Waals surface area (Å²) in [6, 6.07) is 2.84. The van der Waals surface area contributed by atoms with Gasteiger partial charge in [0, 0.05) is 16.3 Å². The van der Waals surface area contributed by atoms with Crippen molar-refractivity contribution < 1.29 is 35.9 Å². The van der Waals surface area contributed by atoms with Crippen molar-refractivity contribution in [3.8, 4) is 0 Å². The van der Waals surface area contributed by atoms with E-state index < -0.39 is 51.2 Å². The maximum absolute atomic E-state index is 13.0. The highest BCUT2D eigenvalue weighted by atomic mass is 35.5. The van der Waals surface area contributed by atoms with Gasteiger partial charge in [-0.3, -0.25) is 9.59 Å². The molecule has 0 saturated carbocycles. The molecule has 1 aliphatic heterocycles. The largest absolute Gasteiger partial charge is 0.453 e. The van der Waals surface area contributed by atoms with E-state index in [0.29, 0.717) is 6.07 Å². The Labute approximate surface area is 158 Å². The topological polar surface area (TPSA) is 89.5 Å². The number of esters is 1. The first kappa shape index (κ1) is 21.2. The zero-order valence-electron chi connectivity index (χ0n) is 13.9. The van der Waals surface area contributed by atoms with Gasteiger partial charge in [0.1, 0.15) is 0 Å². The predicted molar refractivity (Wildman–Crippen MR) is 91.7 cm³/mol. The molecule has 1 N–H and O–H groups in total. The van der Waals surface area contributed by atoms with Gasteiger partial charge in [-0.1, -0.05) is 17.7 Å². The van der Waals surface area contributed by atoms with Gasteiger partial charge < -0.3 is 10.1 Å². The van der Waals surface area contributed by atoms with E-state index in [1.54, 1.807) is 0 Å². The molecule has 11 heteroatoms. The van der Waals surface area contributed by atoms with Crippen LogP contribution in [0.5, 0.6) is 0 Å². The van der Waals surface area contributed by atoms with E-state index in [2.05, 4.69) is 5.32 Å². The molecule has 1 amide bonds. The average Bonchev–Trinajstić information content (AvgIpc) is 2.86. The van der Waals surface area contributed by atoms with Gasteiger partial charge in [-0.05, 0) is 25.1 Å². The molecule has 0 bridgehead atoms. The number of benzene rings is 1.